The van der Waals surface area contributed by atoms with Crippen LogP contribution >= 0.6 is 0 Å². The minimum absolute atomic E-state index is 1.69. The summed E-state index contributed by atoms with van der Waals surface area (Å²) in [4.78, 5) is 0. The Morgan fingerprint density at radius 1 is 0.333 bits per heavy atom. The Kier molecular flexibility index (Phi) is 9.50. The van der Waals surface area contributed by atoms with Crippen LogP contribution in [-0.2, 0) is 24.2 Å². The van der Waals surface area contributed by atoms with Crippen molar-refractivity contribution in [3.05, 3.63) is 80.9 Å². The topological polar surface area (TPSA) is 35.6 Å². The normalized spacial score (nSPS) is 13.7. The summed E-state index contributed by atoms with van der Waals surface area (Å²) >= 11 is 0. The number of alkyl halides is 16. The molecule has 4 rings (SSSR count). The molecule has 0 aliphatic carbocycles. The predicted octanol–water partition coefficient (Wildman–Crippen LogP) is 10.5. The van der Waals surface area contributed by atoms with Crippen LogP contribution in [0, 0.1) is 58.4 Å². The summed E-state index contributed by atoms with van der Waals surface area (Å²) in [5, 5.41) is 3.37. The Labute approximate surface area is 274 Å². The first-order valence-corrected chi connectivity index (χ1v) is 12.4. The first kappa shape index (κ1) is 41.8. The zero-order chi connectivity index (χ0) is 42.0. The first-order chi connectivity index (χ1) is 24.1. The van der Waals surface area contributed by atoms with E-state index < -0.39 is 149 Å². The van der Waals surface area contributed by atoms with Gasteiger partial charge in [0, 0.05) is 0 Å². The van der Waals surface area contributed by atoms with Crippen molar-refractivity contribution in [2.45, 2.75) is 36.6 Å². The van der Waals surface area contributed by atoms with Crippen molar-refractivity contribution in [1.82, 2.24) is 19.6 Å². The van der Waals surface area contributed by atoms with Crippen molar-refractivity contribution in [1.29, 1.82) is 0 Å². The lowest BCUT2D eigenvalue weighted by atomic mass is 10.00. The molecule has 298 valence electrons. The number of benzene rings is 2. The van der Waals surface area contributed by atoms with Gasteiger partial charge in [-0.2, -0.15) is 98.6 Å². The van der Waals surface area contributed by atoms with Gasteiger partial charge in [0.05, 0.1) is 11.1 Å². The molecule has 0 amide bonds. The van der Waals surface area contributed by atoms with Gasteiger partial charge in [-0.3, -0.25) is 0 Å². The van der Waals surface area contributed by atoms with Crippen molar-refractivity contribution in [3.63, 3.8) is 0 Å². The predicted molar refractivity (Wildman–Crippen MR) is 116 cm³/mol. The van der Waals surface area contributed by atoms with Crippen LogP contribution in [0.1, 0.15) is 22.5 Å². The number of halogens is 26. The van der Waals surface area contributed by atoms with Crippen LogP contribution in [0.5, 0.6) is 0 Å². The van der Waals surface area contributed by atoms with Crippen LogP contribution in [0.2, 0.25) is 0 Å². The highest BCUT2D eigenvalue weighted by Gasteiger charge is 2.66. The summed E-state index contributed by atoms with van der Waals surface area (Å²) in [5.41, 5.74) is -27.8. The maximum absolute atomic E-state index is 15.0. The van der Waals surface area contributed by atoms with Crippen molar-refractivity contribution in [2.24, 2.45) is 0 Å². The van der Waals surface area contributed by atoms with Gasteiger partial charge in [0.15, 0.2) is 57.9 Å². The molecule has 0 aliphatic heterocycles. The molecule has 2 aromatic heterocycles. The van der Waals surface area contributed by atoms with Gasteiger partial charge >= 0.3 is 36.6 Å². The summed E-state index contributed by atoms with van der Waals surface area (Å²) in [6, 6.07) is 0. The Morgan fingerprint density at radius 2 is 0.556 bits per heavy atom. The van der Waals surface area contributed by atoms with Gasteiger partial charge in [-0.1, -0.05) is 0 Å². The van der Waals surface area contributed by atoms with E-state index >= 15 is 17.6 Å². The molecule has 0 saturated carbocycles. The third-order valence-electron chi connectivity index (χ3n) is 6.69. The molecule has 0 bridgehead atoms. The standard InChI is InChI=1S/C24F26N4/c25-5-1(6(26)10(30)13(9(5)29)53-17(33)3(21(39,40)41)15(51-53)19(35,36)23(45,46)47)2-7(27)11(31)14(12(32)8(2)28)54-18(34)4(22(42,43)44)16(52-54)20(37,38)24(48,49)50. The molecule has 0 atom stereocenters. The van der Waals surface area contributed by atoms with Crippen LogP contribution < -0.4 is 0 Å². The molecule has 2 heterocycles. The highest BCUT2D eigenvalue weighted by atomic mass is 19.4. The van der Waals surface area contributed by atoms with Crippen LogP contribution in [0.3, 0.4) is 0 Å². The van der Waals surface area contributed by atoms with Gasteiger partial charge < -0.3 is 0 Å². The lowest BCUT2D eigenvalue weighted by Crippen LogP contribution is -2.36. The van der Waals surface area contributed by atoms with Gasteiger partial charge in [0.1, 0.15) is 22.5 Å². The van der Waals surface area contributed by atoms with Crippen LogP contribution in [0.4, 0.5) is 114 Å². The Hall–Kier alpha value is -4.96. The van der Waals surface area contributed by atoms with E-state index in [1.807, 2.05) is 0 Å². The van der Waals surface area contributed by atoms with Crippen molar-refractivity contribution in [2.75, 3.05) is 0 Å². The summed E-state index contributed by atoms with van der Waals surface area (Å²) in [5.74, 6) is -49.7. The van der Waals surface area contributed by atoms with E-state index in [-0.39, 0.29) is 0 Å². The van der Waals surface area contributed by atoms with E-state index in [4.69, 9.17) is 0 Å². The first-order valence-electron chi connectivity index (χ1n) is 12.4. The molecule has 0 spiro atoms. The van der Waals surface area contributed by atoms with E-state index in [9.17, 15) is 96.6 Å². The molecule has 0 N–H and O–H groups in total. The number of aromatic nitrogens is 4. The minimum Gasteiger partial charge on any atom is -0.203 e. The second kappa shape index (κ2) is 12.3. The zero-order valence-electron chi connectivity index (χ0n) is 23.6. The maximum Gasteiger partial charge on any atom is 0.459 e. The molecule has 0 saturated heterocycles. The Balaban J connectivity index is 2.08. The summed E-state index contributed by atoms with van der Waals surface area (Å²) in [7, 11) is 0. The maximum atomic E-state index is 15.0. The summed E-state index contributed by atoms with van der Waals surface area (Å²) in [6.45, 7) is 0. The van der Waals surface area contributed by atoms with Gasteiger partial charge in [0.2, 0.25) is 11.9 Å². The smallest absolute Gasteiger partial charge is 0.203 e. The monoisotopic (exact) mass is 838 g/mol. The van der Waals surface area contributed by atoms with E-state index in [0.717, 1.165) is 0 Å². The fourth-order valence-corrected chi connectivity index (χ4v) is 4.35. The second-order valence-corrected chi connectivity index (χ2v) is 9.95. The van der Waals surface area contributed by atoms with Crippen LogP contribution in [-0.4, -0.2) is 31.9 Å². The minimum atomic E-state index is -7.11. The average Bonchev–Trinajstić information content (AvgIpc) is 3.54. The zero-order valence-corrected chi connectivity index (χ0v) is 23.6. The van der Waals surface area contributed by atoms with Gasteiger partial charge in [-0.05, 0) is 0 Å². The van der Waals surface area contributed by atoms with Gasteiger partial charge in [-0.15, -0.1) is 0 Å². The van der Waals surface area contributed by atoms with Gasteiger partial charge in [0.25, 0.3) is 0 Å². The molecule has 30 heteroatoms. The summed E-state index contributed by atoms with van der Waals surface area (Å²) in [6.07, 6.45) is -27.6. The average molecular weight is 838 g/mol. The molecular weight excluding hydrogens is 838 g/mol. The number of rotatable bonds is 5. The lowest BCUT2D eigenvalue weighted by Gasteiger charge is -2.19. The third kappa shape index (κ3) is 5.99. The number of nitrogens with zero attached hydrogens (tertiary/aromatic N) is 4. The van der Waals surface area contributed by atoms with Crippen LogP contribution in [0.25, 0.3) is 22.5 Å². The number of hydrogen-bond donors (Lipinski definition) is 0. The lowest BCUT2D eigenvalue weighted by molar-refractivity contribution is -0.292. The molecule has 54 heavy (non-hydrogen) atoms. The summed E-state index contributed by atoms with van der Waals surface area (Å²) < 4.78 is 357. The third-order valence-corrected chi connectivity index (χ3v) is 6.69. The quantitative estimate of drug-likeness (QED) is 0.148. The van der Waals surface area contributed by atoms with E-state index in [0.29, 0.717) is 0 Å². The van der Waals surface area contributed by atoms with Crippen molar-refractivity contribution < 1.29 is 114 Å². The molecular formula is C24F26N4. The van der Waals surface area contributed by atoms with Crippen molar-refractivity contribution in [3.8, 4) is 22.5 Å². The molecule has 0 aliphatic rings. The van der Waals surface area contributed by atoms with E-state index in [1.165, 1.54) is 0 Å². The SMILES string of the molecule is Fc1c(F)c(-n2nc(C(F)(F)C(F)(F)F)c(C(F)(F)F)c2F)c(F)c(F)c1-c1c(F)c(F)c(-n2nc(C(F)(F)C(F)(F)F)c(C(F)(F)F)c2F)c(F)c1F. The fourth-order valence-electron chi connectivity index (χ4n) is 4.35. The molecule has 0 radical (unpaired) electrons. The van der Waals surface area contributed by atoms with Gasteiger partial charge in [-0.25, -0.2) is 35.1 Å². The van der Waals surface area contributed by atoms with Crippen LogP contribution in [0.15, 0.2) is 0 Å². The highest BCUT2D eigenvalue weighted by molar-refractivity contribution is 5.70. The molecule has 2 aromatic carbocycles. The largest absolute Gasteiger partial charge is 0.459 e. The van der Waals surface area contributed by atoms with E-state index in [2.05, 4.69) is 0 Å². The van der Waals surface area contributed by atoms with E-state index in [1.54, 1.807) is 10.2 Å². The number of hydrogen-bond acceptors (Lipinski definition) is 2. The molecule has 0 fully saturated rings. The molecule has 4 nitrogen and oxygen atoms in total. The fraction of sp³-hybridized carbons (Fsp3) is 0.250. The Bertz CT molecular complexity index is 1960. The van der Waals surface area contributed by atoms with Crippen molar-refractivity contribution >= 4 is 0 Å². The Morgan fingerprint density at radius 3 is 0.741 bits per heavy atom. The highest BCUT2D eigenvalue weighted by Crippen LogP contribution is 2.51. The second-order valence-electron chi connectivity index (χ2n) is 9.95. The molecule has 0 unspecified atom stereocenters. The molecule has 4 aromatic rings.